The number of nitrogens with zero attached hydrogens (tertiary/aromatic N) is 4. The van der Waals surface area contributed by atoms with Crippen LogP contribution in [0.1, 0.15) is 35.6 Å². The lowest BCUT2D eigenvalue weighted by Crippen LogP contribution is -2.38. The SMILES string of the molecule is CCc1nnsc1C(=O)N1c2ccccc2N(C)CC[C@@H]1C. The third-order valence-corrected chi connectivity index (χ3v) is 4.94. The molecule has 0 saturated carbocycles. The van der Waals surface area contributed by atoms with Gasteiger partial charge in [-0.25, -0.2) is 0 Å². The van der Waals surface area contributed by atoms with Crippen LogP contribution < -0.4 is 9.80 Å². The molecule has 2 heterocycles. The molecule has 1 aliphatic rings. The number of hydrogen-bond acceptors (Lipinski definition) is 5. The molecule has 1 aliphatic heterocycles. The average molecular weight is 316 g/mol. The highest BCUT2D eigenvalue weighted by Crippen LogP contribution is 2.35. The van der Waals surface area contributed by atoms with Gasteiger partial charge < -0.3 is 9.80 Å². The Morgan fingerprint density at radius 2 is 2.09 bits per heavy atom. The van der Waals surface area contributed by atoms with Gasteiger partial charge in [0.25, 0.3) is 5.91 Å². The predicted molar refractivity (Wildman–Crippen MR) is 89.9 cm³/mol. The van der Waals surface area contributed by atoms with E-state index in [4.69, 9.17) is 0 Å². The lowest BCUT2D eigenvalue weighted by atomic mass is 10.1. The van der Waals surface area contributed by atoms with E-state index in [-0.39, 0.29) is 11.9 Å². The Balaban J connectivity index is 2.08. The highest BCUT2D eigenvalue weighted by molar-refractivity contribution is 7.08. The summed E-state index contributed by atoms with van der Waals surface area (Å²) in [5.41, 5.74) is 2.85. The van der Waals surface area contributed by atoms with Crippen LogP contribution in [0.4, 0.5) is 11.4 Å². The van der Waals surface area contributed by atoms with Gasteiger partial charge in [-0.15, -0.1) is 5.10 Å². The van der Waals surface area contributed by atoms with Crippen LogP contribution in [-0.4, -0.2) is 35.1 Å². The van der Waals surface area contributed by atoms with Crippen LogP contribution in [0, 0.1) is 0 Å². The van der Waals surface area contributed by atoms with E-state index in [2.05, 4.69) is 34.5 Å². The van der Waals surface area contributed by atoms with Gasteiger partial charge in [0.05, 0.1) is 17.1 Å². The summed E-state index contributed by atoms with van der Waals surface area (Å²) in [6.07, 6.45) is 1.66. The first kappa shape index (κ1) is 15.0. The fourth-order valence-corrected chi connectivity index (χ4v) is 3.57. The maximum Gasteiger partial charge on any atom is 0.272 e. The first-order chi connectivity index (χ1) is 10.6. The van der Waals surface area contributed by atoms with E-state index < -0.39 is 0 Å². The molecule has 22 heavy (non-hydrogen) atoms. The van der Waals surface area contributed by atoms with Crippen LogP contribution in [0.25, 0.3) is 0 Å². The van der Waals surface area contributed by atoms with Crippen LogP contribution in [0.2, 0.25) is 0 Å². The highest BCUT2D eigenvalue weighted by atomic mass is 32.1. The van der Waals surface area contributed by atoms with Gasteiger partial charge in [-0.05, 0) is 43.4 Å². The Bertz CT molecular complexity index is 684. The first-order valence-corrected chi connectivity index (χ1v) is 8.35. The van der Waals surface area contributed by atoms with Gasteiger partial charge in [0.1, 0.15) is 4.88 Å². The van der Waals surface area contributed by atoms with Crippen LogP contribution in [-0.2, 0) is 6.42 Å². The fraction of sp³-hybridized carbons (Fsp3) is 0.438. The Labute approximate surface area is 134 Å². The normalized spacial score (nSPS) is 18.0. The van der Waals surface area contributed by atoms with E-state index in [1.165, 1.54) is 11.5 Å². The number of anilines is 2. The minimum atomic E-state index is 0.0158. The molecule has 1 aromatic carbocycles. The van der Waals surface area contributed by atoms with Crippen molar-refractivity contribution in [2.24, 2.45) is 0 Å². The van der Waals surface area contributed by atoms with Gasteiger partial charge in [-0.3, -0.25) is 4.79 Å². The van der Waals surface area contributed by atoms with Gasteiger partial charge in [0.15, 0.2) is 0 Å². The van der Waals surface area contributed by atoms with Crippen molar-refractivity contribution in [3.8, 4) is 0 Å². The number of benzene rings is 1. The molecule has 0 saturated heterocycles. The molecule has 3 rings (SSSR count). The predicted octanol–water partition coefficient (Wildman–Crippen LogP) is 2.98. The van der Waals surface area contributed by atoms with Gasteiger partial charge in [-0.2, -0.15) is 0 Å². The average Bonchev–Trinajstić information content (AvgIpc) is 2.97. The Morgan fingerprint density at radius 1 is 1.36 bits per heavy atom. The summed E-state index contributed by atoms with van der Waals surface area (Å²) in [5, 5.41) is 4.08. The third kappa shape index (κ3) is 2.47. The molecule has 5 nitrogen and oxygen atoms in total. The van der Waals surface area contributed by atoms with Crippen molar-refractivity contribution >= 4 is 28.8 Å². The molecule has 0 spiro atoms. The molecule has 1 atom stereocenters. The second-order valence-electron chi connectivity index (χ2n) is 5.63. The van der Waals surface area contributed by atoms with Gasteiger partial charge in [0.2, 0.25) is 0 Å². The van der Waals surface area contributed by atoms with Crippen molar-refractivity contribution in [2.75, 3.05) is 23.4 Å². The number of carbonyl (C=O) groups is 1. The summed E-state index contributed by atoms with van der Waals surface area (Å²) in [6.45, 7) is 5.04. The summed E-state index contributed by atoms with van der Waals surface area (Å²) in [4.78, 5) is 17.9. The number of rotatable bonds is 2. The van der Waals surface area contributed by atoms with Gasteiger partial charge in [0, 0.05) is 19.6 Å². The van der Waals surface area contributed by atoms with Crippen molar-refractivity contribution in [2.45, 2.75) is 32.7 Å². The van der Waals surface area contributed by atoms with Crippen LogP contribution >= 0.6 is 11.5 Å². The number of hydrogen-bond donors (Lipinski definition) is 0. The topological polar surface area (TPSA) is 49.3 Å². The number of amides is 1. The maximum atomic E-state index is 13.1. The summed E-state index contributed by atoms with van der Waals surface area (Å²) in [5.74, 6) is 0.0158. The molecule has 0 unspecified atom stereocenters. The van der Waals surface area contributed by atoms with Gasteiger partial charge in [-0.1, -0.05) is 23.5 Å². The van der Waals surface area contributed by atoms with Gasteiger partial charge >= 0.3 is 0 Å². The Morgan fingerprint density at radius 3 is 2.82 bits per heavy atom. The zero-order valence-electron chi connectivity index (χ0n) is 13.1. The molecule has 0 bridgehead atoms. The zero-order chi connectivity index (χ0) is 15.7. The molecular formula is C16H20N4OS. The van der Waals surface area contributed by atoms with E-state index in [1.54, 1.807) is 0 Å². The van der Waals surface area contributed by atoms with E-state index in [9.17, 15) is 4.79 Å². The number of fused-ring (bicyclic) bond motifs is 1. The highest BCUT2D eigenvalue weighted by Gasteiger charge is 2.31. The molecule has 2 aromatic rings. The second kappa shape index (κ2) is 6.04. The standard InChI is InChI=1S/C16H20N4OS/c1-4-12-15(22-18-17-12)16(21)20-11(2)9-10-19(3)13-7-5-6-8-14(13)20/h5-8,11H,4,9-10H2,1-3H3/t11-/m0/s1. The van der Waals surface area contributed by atoms with Crippen molar-refractivity contribution < 1.29 is 4.79 Å². The minimum Gasteiger partial charge on any atom is -0.373 e. The number of aromatic nitrogens is 2. The van der Waals surface area contributed by atoms with Crippen molar-refractivity contribution in [3.05, 3.63) is 34.8 Å². The molecule has 0 aliphatic carbocycles. The smallest absolute Gasteiger partial charge is 0.272 e. The van der Waals surface area contributed by atoms with Crippen molar-refractivity contribution in [3.63, 3.8) is 0 Å². The largest absolute Gasteiger partial charge is 0.373 e. The van der Waals surface area contributed by atoms with Crippen LogP contribution in [0.15, 0.2) is 24.3 Å². The number of aryl methyl sites for hydroxylation is 1. The summed E-state index contributed by atoms with van der Waals surface area (Å²) in [7, 11) is 2.07. The Hall–Kier alpha value is -1.95. The van der Waals surface area contributed by atoms with Crippen LogP contribution in [0.5, 0.6) is 0 Å². The summed E-state index contributed by atoms with van der Waals surface area (Å²) in [6, 6.07) is 8.23. The molecule has 0 radical (unpaired) electrons. The monoisotopic (exact) mass is 316 g/mol. The second-order valence-corrected chi connectivity index (χ2v) is 6.38. The summed E-state index contributed by atoms with van der Waals surface area (Å²) >= 11 is 1.19. The number of carbonyl (C=O) groups excluding carboxylic acids is 1. The lowest BCUT2D eigenvalue weighted by molar-refractivity contribution is 0.0981. The molecule has 116 valence electrons. The number of para-hydroxylation sites is 2. The van der Waals surface area contributed by atoms with E-state index >= 15 is 0 Å². The fourth-order valence-electron chi connectivity index (χ4n) is 2.88. The molecule has 6 heteroatoms. The van der Waals surface area contributed by atoms with Crippen molar-refractivity contribution in [1.82, 2.24) is 9.59 Å². The van der Waals surface area contributed by atoms with E-state index in [1.807, 2.05) is 30.0 Å². The first-order valence-electron chi connectivity index (χ1n) is 7.58. The molecule has 0 fully saturated rings. The molecule has 1 amide bonds. The summed E-state index contributed by atoms with van der Waals surface area (Å²) < 4.78 is 3.96. The Kier molecular flexibility index (Phi) is 4.11. The van der Waals surface area contributed by atoms with E-state index in [0.717, 1.165) is 36.5 Å². The quantitative estimate of drug-likeness (QED) is 0.854. The van der Waals surface area contributed by atoms with Crippen molar-refractivity contribution in [1.29, 1.82) is 0 Å². The molecular weight excluding hydrogens is 296 g/mol. The lowest BCUT2D eigenvalue weighted by Gasteiger charge is -2.28. The minimum absolute atomic E-state index is 0.0158. The molecule has 1 aromatic heterocycles. The maximum absolute atomic E-state index is 13.1. The zero-order valence-corrected chi connectivity index (χ0v) is 13.9. The van der Waals surface area contributed by atoms with Crippen LogP contribution in [0.3, 0.4) is 0 Å². The molecule has 0 N–H and O–H groups in total. The van der Waals surface area contributed by atoms with E-state index in [0.29, 0.717) is 4.88 Å². The third-order valence-electron chi connectivity index (χ3n) is 4.18.